The van der Waals surface area contributed by atoms with Gasteiger partial charge in [-0.05, 0) is 7.05 Å². The van der Waals surface area contributed by atoms with Crippen molar-refractivity contribution >= 4 is 0 Å². The van der Waals surface area contributed by atoms with E-state index < -0.39 is 0 Å². The quantitative estimate of drug-likeness (QED) is 0.535. The Morgan fingerprint density at radius 1 is 1.40 bits per heavy atom. The third kappa shape index (κ3) is 6.01. The van der Waals surface area contributed by atoms with E-state index in [-0.39, 0.29) is 0 Å². The molecule has 62 valence electrons. The highest BCUT2D eigenvalue weighted by Crippen LogP contribution is 1.76. The van der Waals surface area contributed by atoms with E-state index in [2.05, 4.69) is 29.6 Å². The standard InChI is InChI=1S/C7H19N3/c1-7(2)9-5-6-10(4)8-3/h7-9H,5-6H2,1-4H3. The fraction of sp³-hybridized carbons (Fsp3) is 1.00. The molecule has 0 saturated carbocycles. The molecule has 0 fully saturated rings. The summed E-state index contributed by atoms with van der Waals surface area (Å²) in [6, 6.07) is 0.588. The normalized spacial score (nSPS) is 11.4. The van der Waals surface area contributed by atoms with Gasteiger partial charge >= 0.3 is 0 Å². The van der Waals surface area contributed by atoms with Crippen LogP contribution in [-0.4, -0.2) is 38.2 Å². The van der Waals surface area contributed by atoms with Gasteiger partial charge < -0.3 is 5.32 Å². The average Bonchev–Trinajstić information content (AvgIpc) is 1.87. The van der Waals surface area contributed by atoms with Crippen LogP contribution in [0.5, 0.6) is 0 Å². The van der Waals surface area contributed by atoms with Crippen LogP contribution in [-0.2, 0) is 0 Å². The first kappa shape index (κ1) is 9.88. The largest absolute Gasteiger partial charge is 0.313 e. The van der Waals surface area contributed by atoms with Gasteiger partial charge in [0.05, 0.1) is 0 Å². The van der Waals surface area contributed by atoms with Crippen LogP contribution >= 0.6 is 0 Å². The van der Waals surface area contributed by atoms with Crippen LogP contribution < -0.4 is 10.7 Å². The zero-order chi connectivity index (χ0) is 7.98. The van der Waals surface area contributed by atoms with Crippen molar-refractivity contribution in [1.82, 2.24) is 15.8 Å². The first-order valence-electron chi connectivity index (χ1n) is 3.78. The second-order valence-electron chi connectivity index (χ2n) is 2.75. The van der Waals surface area contributed by atoms with Crippen molar-refractivity contribution in [2.24, 2.45) is 0 Å². The Bertz CT molecular complexity index is 73.3. The Morgan fingerprint density at radius 3 is 2.40 bits per heavy atom. The second-order valence-corrected chi connectivity index (χ2v) is 2.75. The van der Waals surface area contributed by atoms with Crippen LogP contribution in [0.3, 0.4) is 0 Å². The van der Waals surface area contributed by atoms with E-state index in [1.807, 2.05) is 14.1 Å². The van der Waals surface area contributed by atoms with Crippen molar-refractivity contribution in [1.29, 1.82) is 0 Å². The number of nitrogens with zero attached hydrogens (tertiary/aromatic N) is 1. The van der Waals surface area contributed by atoms with Crippen molar-refractivity contribution < 1.29 is 0 Å². The molecule has 0 aromatic heterocycles. The molecule has 2 N–H and O–H groups in total. The molecule has 0 aromatic carbocycles. The Balaban J connectivity index is 3.03. The van der Waals surface area contributed by atoms with Gasteiger partial charge in [-0.25, -0.2) is 5.01 Å². The summed E-state index contributed by atoms with van der Waals surface area (Å²) in [6.07, 6.45) is 0. The summed E-state index contributed by atoms with van der Waals surface area (Å²) in [4.78, 5) is 0. The first-order valence-corrected chi connectivity index (χ1v) is 3.78. The molecule has 0 atom stereocenters. The molecule has 0 bridgehead atoms. The molecular weight excluding hydrogens is 126 g/mol. The minimum absolute atomic E-state index is 0.588. The second kappa shape index (κ2) is 5.65. The van der Waals surface area contributed by atoms with E-state index in [4.69, 9.17) is 0 Å². The fourth-order valence-corrected chi connectivity index (χ4v) is 0.633. The van der Waals surface area contributed by atoms with Crippen LogP contribution in [0.25, 0.3) is 0 Å². The summed E-state index contributed by atoms with van der Waals surface area (Å²) < 4.78 is 0. The number of hydrazine groups is 1. The van der Waals surface area contributed by atoms with E-state index in [1.54, 1.807) is 0 Å². The minimum atomic E-state index is 0.588. The topological polar surface area (TPSA) is 27.3 Å². The number of hydrogen-bond acceptors (Lipinski definition) is 3. The third-order valence-corrected chi connectivity index (χ3v) is 1.38. The number of rotatable bonds is 5. The molecule has 0 rings (SSSR count). The van der Waals surface area contributed by atoms with Crippen LogP contribution in [0, 0.1) is 0 Å². The Morgan fingerprint density at radius 2 is 2.00 bits per heavy atom. The molecule has 0 aliphatic heterocycles. The lowest BCUT2D eigenvalue weighted by atomic mass is 10.4. The molecule has 0 aliphatic carbocycles. The zero-order valence-electron chi connectivity index (χ0n) is 7.44. The van der Waals surface area contributed by atoms with Crippen LogP contribution in [0.4, 0.5) is 0 Å². The third-order valence-electron chi connectivity index (χ3n) is 1.38. The lowest BCUT2D eigenvalue weighted by molar-refractivity contribution is 0.257. The molecule has 0 radical (unpaired) electrons. The predicted molar refractivity (Wildman–Crippen MR) is 44.8 cm³/mol. The summed E-state index contributed by atoms with van der Waals surface area (Å²) >= 11 is 0. The van der Waals surface area contributed by atoms with Crippen LogP contribution in [0.15, 0.2) is 0 Å². The molecular formula is C7H19N3. The monoisotopic (exact) mass is 145 g/mol. The Labute approximate surface area is 63.8 Å². The van der Waals surface area contributed by atoms with Gasteiger partial charge in [0, 0.05) is 26.2 Å². The number of likely N-dealkylation sites (N-methyl/N-ethyl adjacent to an activating group) is 1. The Hall–Kier alpha value is -0.120. The van der Waals surface area contributed by atoms with Crippen molar-refractivity contribution in [2.45, 2.75) is 19.9 Å². The van der Waals surface area contributed by atoms with Crippen LogP contribution in [0.2, 0.25) is 0 Å². The van der Waals surface area contributed by atoms with Gasteiger partial charge in [0.15, 0.2) is 0 Å². The molecule has 3 heteroatoms. The van der Waals surface area contributed by atoms with Crippen molar-refractivity contribution in [2.75, 3.05) is 27.2 Å². The van der Waals surface area contributed by atoms with Gasteiger partial charge in [0.2, 0.25) is 0 Å². The van der Waals surface area contributed by atoms with E-state index in [1.165, 1.54) is 0 Å². The fourth-order valence-electron chi connectivity index (χ4n) is 0.633. The maximum absolute atomic E-state index is 3.33. The maximum Gasteiger partial charge on any atom is 0.0253 e. The lowest BCUT2D eigenvalue weighted by Gasteiger charge is -2.16. The van der Waals surface area contributed by atoms with Gasteiger partial charge in [-0.15, -0.1) is 0 Å². The average molecular weight is 145 g/mol. The first-order chi connectivity index (χ1) is 4.66. The molecule has 0 unspecified atom stereocenters. The van der Waals surface area contributed by atoms with Gasteiger partial charge in [-0.3, -0.25) is 5.43 Å². The maximum atomic E-state index is 3.33. The highest BCUT2D eigenvalue weighted by Gasteiger charge is 1.93. The minimum Gasteiger partial charge on any atom is -0.313 e. The smallest absolute Gasteiger partial charge is 0.0253 e. The number of hydrogen-bond donors (Lipinski definition) is 2. The molecule has 0 spiro atoms. The van der Waals surface area contributed by atoms with Gasteiger partial charge in [0.1, 0.15) is 0 Å². The highest BCUT2D eigenvalue weighted by atomic mass is 15.5. The van der Waals surface area contributed by atoms with E-state index >= 15 is 0 Å². The van der Waals surface area contributed by atoms with E-state index in [0.717, 1.165) is 13.1 Å². The molecule has 0 amide bonds. The highest BCUT2D eigenvalue weighted by molar-refractivity contribution is 4.53. The molecule has 0 aliphatic rings. The Kier molecular flexibility index (Phi) is 5.58. The van der Waals surface area contributed by atoms with Crippen LogP contribution in [0.1, 0.15) is 13.8 Å². The summed E-state index contributed by atoms with van der Waals surface area (Å²) in [5.41, 5.74) is 3.03. The molecule has 0 aromatic rings. The van der Waals surface area contributed by atoms with Crippen molar-refractivity contribution in [3.63, 3.8) is 0 Å². The van der Waals surface area contributed by atoms with E-state index in [9.17, 15) is 0 Å². The summed E-state index contributed by atoms with van der Waals surface area (Å²) in [5, 5.41) is 5.38. The number of nitrogens with one attached hydrogen (secondary N) is 2. The van der Waals surface area contributed by atoms with Gasteiger partial charge in [-0.2, -0.15) is 0 Å². The molecule has 0 saturated heterocycles. The zero-order valence-corrected chi connectivity index (χ0v) is 7.44. The predicted octanol–water partition coefficient (Wildman–Crippen LogP) is 0.0506. The summed E-state index contributed by atoms with van der Waals surface area (Å²) in [6.45, 7) is 6.38. The molecule has 0 heterocycles. The molecule has 3 nitrogen and oxygen atoms in total. The lowest BCUT2D eigenvalue weighted by Crippen LogP contribution is -2.38. The summed E-state index contributed by atoms with van der Waals surface area (Å²) in [7, 11) is 3.96. The van der Waals surface area contributed by atoms with Crippen molar-refractivity contribution in [3.8, 4) is 0 Å². The van der Waals surface area contributed by atoms with E-state index in [0.29, 0.717) is 6.04 Å². The SMILES string of the molecule is CNN(C)CCNC(C)C. The summed E-state index contributed by atoms with van der Waals surface area (Å²) in [5.74, 6) is 0. The van der Waals surface area contributed by atoms with Gasteiger partial charge in [-0.1, -0.05) is 13.8 Å². The van der Waals surface area contributed by atoms with Crippen molar-refractivity contribution in [3.05, 3.63) is 0 Å². The van der Waals surface area contributed by atoms with Gasteiger partial charge in [0.25, 0.3) is 0 Å². The molecule has 10 heavy (non-hydrogen) atoms.